The number of carbonyl (C=O) groups is 1. The van der Waals surface area contributed by atoms with Crippen molar-refractivity contribution in [2.45, 2.75) is 19.1 Å². The lowest BCUT2D eigenvalue weighted by Crippen LogP contribution is -2.60. The Morgan fingerprint density at radius 1 is 1.38 bits per heavy atom. The number of hydrogen-bond donors (Lipinski definition) is 0. The van der Waals surface area contributed by atoms with Crippen molar-refractivity contribution >= 4 is 17.2 Å². The number of carbonyl (C=O) groups excluding carboxylic acids is 1. The molecule has 1 amide bonds. The molecule has 1 aromatic heterocycles. The predicted octanol–water partition coefficient (Wildman–Crippen LogP) is 0.593. The van der Waals surface area contributed by atoms with Gasteiger partial charge in [-0.3, -0.25) is 14.7 Å². The average molecular weight is 311 g/mol. The predicted molar refractivity (Wildman–Crippen MR) is 79.1 cm³/mol. The lowest BCUT2D eigenvalue weighted by Gasteiger charge is -2.42. The number of aromatic nitrogens is 1. The standard InChI is InChI=1S/C14H21N3O3S/c1-14(13(18)17-3-5-19-6-4-17)10-16(2-7-20-14)9-12-8-15-11-21-12/h8,11H,2-7,9-10H2,1H3. The average Bonchev–Trinajstić information content (AvgIpc) is 3.00. The number of nitrogens with zero attached hydrogens (tertiary/aromatic N) is 3. The molecule has 2 saturated heterocycles. The van der Waals surface area contributed by atoms with Crippen molar-refractivity contribution in [2.24, 2.45) is 0 Å². The molecule has 2 aliphatic rings. The Hall–Kier alpha value is -1.02. The highest BCUT2D eigenvalue weighted by Crippen LogP contribution is 2.23. The van der Waals surface area contributed by atoms with Crippen LogP contribution in [0.5, 0.6) is 0 Å². The van der Waals surface area contributed by atoms with Crippen LogP contribution < -0.4 is 0 Å². The van der Waals surface area contributed by atoms with E-state index >= 15 is 0 Å². The van der Waals surface area contributed by atoms with E-state index in [-0.39, 0.29) is 5.91 Å². The van der Waals surface area contributed by atoms with Gasteiger partial charge in [-0.2, -0.15) is 0 Å². The molecule has 1 aromatic rings. The number of amides is 1. The van der Waals surface area contributed by atoms with E-state index in [0.717, 1.165) is 13.1 Å². The van der Waals surface area contributed by atoms with Gasteiger partial charge in [0.1, 0.15) is 0 Å². The Kier molecular flexibility index (Phi) is 4.54. The molecule has 116 valence electrons. The van der Waals surface area contributed by atoms with Gasteiger partial charge in [-0.1, -0.05) is 0 Å². The lowest BCUT2D eigenvalue weighted by molar-refractivity contribution is -0.171. The van der Waals surface area contributed by atoms with Gasteiger partial charge in [-0.25, -0.2) is 0 Å². The van der Waals surface area contributed by atoms with Gasteiger partial charge in [0.25, 0.3) is 5.91 Å². The summed E-state index contributed by atoms with van der Waals surface area (Å²) < 4.78 is 11.2. The first-order valence-electron chi connectivity index (χ1n) is 7.28. The highest BCUT2D eigenvalue weighted by molar-refractivity contribution is 7.09. The van der Waals surface area contributed by atoms with Crippen LogP contribution in [0.15, 0.2) is 11.7 Å². The molecule has 0 aromatic carbocycles. The SMILES string of the molecule is CC1(C(=O)N2CCOCC2)CN(Cc2cncs2)CCO1. The molecule has 21 heavy (non-hydrogen) atoms. The van der Waals surface area contributed by atoms with E-state index in [4.69, 9.17) is 9.47 Å². The van der Waals surface area contributed by atoms with Crippen LogP contribution in [-0.2, 0) is 20.8 Å². The molecule has 3 rings (SSSR count). The summed E-state index contributed by atoms with van der Waals surface area (Å²) in [4.78, 5) is 22.2. The Balaban J connectivity index is 1.64. The molecule has 0 bridgehead atoms. The van der Waals surface area contributed by atoms with E-state index in [9.17, 15) is 4.79 Å². The van der Waals surface area contributed by atoms with Gasteiger partial charge in [0, 0.05) is 43.8 Å². The largest absolute Gasteiger partial charge is 0.378 e. The van der Waals surface area contributed by atoms with Crippen molar-refractivity contribution in [1.29, 1.82) is 0 Å². The van der Waals surface area contributed by atoms with Gasteiger partial charge in [-0.15, -0.1) is 11.3 Å². The van der Waals surface area contributed by atoms with E-state index in [2.05, 4.69) is 9.88 Å². The maximum absolute atomic E-state index is 12.7. The van der Waals surface area contributed by atoms with Crippen LogP contribution in [0.4, 0.5) is 0 Å². The van der Waals surface area contributed by atoms with Gasteiger partial charge in [0.15, 0.2) is 5.60 Å². The molecule has 6 nitrogen and oxygen atoms in total. The van der Waals surface area contributed by atoms with Crippen molar-refractivity contribution in [3.63, 3.8) is 0 Å². The molecule has 1 unspecified atom stereocenters. The summed E-state index contributed by atoms with van der Waals surface area (Å²) in [5, 5.41) is 0. The molecule has 1 atom stereocenters. The Morgan fingerprint density at radius 3 is 2.90 bits per heavy atom. The van der Waals surface area contributed by atoms with E-state index in [1.807, 2.05) is 23.5 Å². The topological polar surface area (TPSA) is 54.9 Å². The van der Waals surface area contributed by atoms with Gasteiger partial charge < -0.3 is 14.4 Å². The fraction of sp³-hybridized carbons (Fsp3) is 0.714. The monoisotopic (exact) mass is 311 g/mol. The molecule has 0 aliphatic carbocycles. The van der Waals surface area contributed by atoms with E-state index in [1.165, 1.54) is 4.88 Å². The van der Waals surface area contributed by atoms with Crippen molar-refractivity contribution in [3.8, 4) is 0 Å². The third-order valence-electron chi connectivity index (χ3n) is 3.97. The van der Waals surface area contributed by atoms with Crippen molar-refractivity contribution in [3.05, 3.63) is 16.6 Å². The maximum Gasteiger partial charge on any atom is 0.256 e. The Labute approximate surface area is 128 Å². The first-order valence-corrected chi connectivity index (χ1v) is 8.16. The Bertz CT molecular complexity index is 476. The summed E-state index contributed by atoms with van der Waals surface area (Å²) in [6.45, 7) is 7.36. The highest BCUT2D eigenvalue weighted by Gasteiger charge is 2.42. The summed E-state index contributed by atoms with van der Waals surface area (Å²) >= 11 is 1.65. The molecular formula is C14H21N3O3S. The maximum atomic E-state index is 12.7. The summed E-state index contributed by atoms with van der Waals surface area (Å²) in [6.07, 6.45) is 1.89. The van der Waals surface area contributed by atoms with Crippen LogP contribution >= 0.6 is 11.3 Å². The van der Waals surface area contributed by atoms with E-state index in [1.54, 1.807) is 11.3 Å². The van der Waals surface area contributed by atoms with Crippen LogP contribution in [-0.4, -0.2) is 72.3 Å². The summed E-state index contributed by atoms with van der Waals surface area (Å²) in [5.41, 5.74) is 1.09. The van der Waals surface area contributed by atoms with Crippen molar-refractivity contribution in [1.82, 2.24) is 14.8 Å². The summed E-state index contributed by atoms with van der Waals surface area (Å²) in [6, 6.07) is 0. The first kappa shape index (κ1) is 14.9. The lowest BCUT2D eigenvalue weighted by atomic mass is 10.0. The van der Waals surface area contributed by atoms with Crippen LogP contribution in [0.3, 0.4) is 0 Å². The zero-order valence-electron chi connectivity index (χ0n) is 12.3. The zero-order chi connectivity index (χ0) is 14.7. The van der Waals surface area contributed by atoms with Crippen LogP contribution in [0.2, 0.25) is 0 Å². The second-order valence-corrected chi connectivity index (χ2v) is 6.63. The first-order chi connectivity index (χ1) is 10.2. The van der Waals surface area contributed by atoms with E-state index < -0.39 is 5.60 Å². The molecule has 0 radical (unpaired) electrons. The zero-order valence-corrected chi connectivity index (χ0v) is 13.1. The van der Waals surface area contributed by atoms with Crippen molar-refractivity contribution < 1.29 is 14.3 Å². The third-order valence-corrected chi connectivity index (χ3v) is 4.73. The van der Waals surface area contributed by atoms with Gasteiger partial charge in [-0.05, 0) is 6.92 Å². The minimum Gasteiger partial charge on any atom is -0.378 e. The smallest absolute Gasteiger partial charge is 0.256 e. The second kappa shape index (κ2) is 6.39. The number of rotatable bonds is 3. The molecule has 0 saturated carbocycles. The molecular weight excluding hydrogens is 290 g/mol. The minimum absolute atomic E-state index is 0.0832. The van der Waals surface area contributed by atoms with Gasteiger partial charge in [0.05, 0.1) is 25.3 Å². The molecule has 0 spiro atoms. The molecule has 7 heteroatoms. The summed E-state index contributed by atoms with van der Waals surface area (Å²) in [5.74, 6) is 0.0832. The Morgan fingerprint density at radius 2 is 2.19 bits per heavy atom. The minimum atomic E-state index is -0.750. The highest BCUT2D eigenvalue weighted by atomic mass is 32.1. The number of ether oxygens (including phenoxy) is 2. The fourth-order valence-electron chi connectivity index (χ4n) is 2.86. The molecule has 0 N–H and O–H groups in total. The number of thiazole rings is 1. The van der Waals surface area contributed by atoms with Gasteiger partial charge >= 0.3 is 0 Å². The van der Waals surface area contributed by atoms with Crippen LogP contribution in [0.25, 0.3) is 0 Å². The van der Waals surface area contributed by atoms with Gasteiger partial charge in [0.2, 0.25) is 0 Å². The quantitative estimate of drug-likeness (QED) is 0.818. The second-order valence-electron chi connectivity index (χ2n) is 5.66. The molecule has 2 aliphatic heterocycles. The van der Waals surface area contributed by atoms with Crippen LogP contribution in [0, 0.1) is 0 Å². The summed E-state index contributed by atoms with van der Waals surface area (Å²) in [7, 11) is 0. The molecule has 2 fully saturated rings. The van der Waals surface area contributed by atoms with Crippen LogP contribution in [0.1, 0.15) is 11.8 Å². The van der Waals surface area contributed by atoms with Crippen molar-refractivity contribution in [2.75, 3.05) is 46.0 Å². The number of morpholine rings is 2. The normalized spacial score (nSPS) is 27.8. The number of hydrogen-bond acceptors (Lipinski definition) is 6. The van der Waals surface area contributed by atoms with E-state index in [0.29, 0.717) is 39.5 Å². The fourth-order valence-corrected chi connectivity index (χ4v) is 3.49. The molecule has 3 heterocycles. The third kappa shape index (κ3) is 3.42.